The molecule has 0 bridgehead atoms. The standard InChI is InChI=1S/C16H25N3O2/c1-4-12(3)14(17)16(21)19-10-9-18-15(20)13-7-5-11(2)6-8-13/h5-8,12,14H,4,9-10,17H2,1-3H3,(H,18,20)(H,19,21)/t12?,14-/m0/s1. The molecular weight excluding hydrogens is 266 g/mol. The maximum atomic E-state index is 11.8. The van der Waals surface area contributed by atoms with Crippen LogP contribution >= 0.6 is 0 Å². The van der Waals surface area contributed by atoms with Crippen molar-refractivity contribution in [2.75, 3.05) is 13.1 Å². The maximum Gasteiger partial charge on any atom is 0.251 e. The van der Waals surface area contributed by atoms with Crippen molar-refractivity contribution in [1.29, 1.82) is 0 Å². The van der Waals surface area contributed by atoms with Crippen molar-refractivity contribution in [2.45, 2.75) is 33.2 Å². The van der Waals surface area contributed by atoms with Gasteiger partial charge in [0.2, 0.25) is 5.91 Å². The van der Waals surface area contributed by atoms with Crippen LogP contribution in [0.1, 0.15) is 36.2 Å². The van der Waals surface area contributed by atoms with Crippen LogP contribution in [0.2, 0.25) is 0 Å². The zero-order chi connectivity index (χ0) is 15.8. The predicted octanol–water partition coefficient (Wildman–Crippen LogP) is 1.21. The Morgan fingerprint density at radius 3 is 2.29 bits per heavy atom. The average molecular weight is 291 g/mol. The molecule has 0 fully saturated rings. The third kappa shape index (κ3) is 5.55. The van der Waals surface area contributed by atoms with Gasteiger partial charge in [-0.25, -0.2) is 0 Å². The first-order valence-corrected chi connectivity index (χ1v) is 7.33. The third-order valence-electron chi connectivity index (χ3n) is 3.58. The molecule has 0 radical (unpaired) electrons. The topological polar surface area (TPSA) is 84.2 Å². The quantitative estimate of drug-likeness (QED) is 0.660. The fourth-order valence-corrected chi connectivity index (χ4v) is 1.80. The minimum absolute atomic E-state index is 0.143. The first-order valence-electron chi connectivity index (χ1n) is 7.33. The lowest BCUT2D eigenvalue weighted by Gasteiger charge is -2.17. The number of hydrogen-bond donors (Lipinski definition) is 3. The van der Waals surface area contributed by atoms with Crippen LogP contribution in [0.4, 0.5) is 0 Å². The molecule has 0 aromatic heterocycles. The molecule has 2 amide bonds. The third-order valence-corrected chi connectivity index (χ3v) is 3.58. The summed E-state index contributed by atoms with van der Waals surface area (Å²) >= 11 is 0. The van der Waals surface area contributed by atoms with Crippen molar-refractivity contribution in [3.05, 3.63) is 35.4 Å². The van der Waals surface area contributed by atoms with Gasteiger partial charge in [0.25, 0.3) is 5.91 Å². The molecule has 4 N–H and O–H groups in total. The number of carbonyl (C=O) groups is 2. The van der Waals surface area contributed by atoms with E-state index in [2.05, 4.69) is 10.6 Å². The van der Waals surface area contributed by atoms with Gasteiger partial charge in [-0.2, -0.15) is 0 Å². The van der Waals surface area contributed by atoms with Gasteiger partial charge in [-0.1, -0.05) is 38.0 Å². The zero-order valence-electron chi connectivity index (χ0n) is 13.0. The average Bonchev–Trinajstić information content (AvgIpc) is 2.50. The molecule has 1 unspecified atom stereocenters. The highest BCUT2D eigenvalue weighted by atomic mass is 16.2. The van der Waals surface area contributed by atoms with Crippen LogP contribution in [-0.4, -0.2) is 30.9 Å². The lowest BCUT2D eigenvalue weighted by atomic mass is 9.99. The van der Waals surface area contributed by atoms with Gasteiger partial charge in [0, 0.05) is 18.7 Å². The van der Waals surface area contributed by atoms with Crippen LogP contribution in [0, 0.1) is 12.8 Å². The Labute approximate surface area is 126 Å². The van der Waals surface area contributed by atoms with Gasteiger partial charge in [-0.05, 0) is 25.0 Å². The lowest BCUT2D eigenvalue weighted by Crippen LogP contribution is -2.46. The molecule has 0 spiro atoms. The molecule has 0 heterocycles. The summed E-state index contributed by atoms with van der Waals surface area (Å²) in [5.74, 6) is -0.170. The van der Waals surface area contributed by atoms with Crippen molar-refractivity contribution in [3.8, 4) is 0 Å². The molecule has 0 aliphatic carbocycles. The minimum Gasteiger partial charge on any atom is -0.353 e. The van der Waals surface area contributed by atoms with Gasteiger partial charge < -0.3 is 16.4 Å². The first-order chi connectivity index (χ1) is 9.95. The number of carbonyl (C=O) groups excluding carboxylic acids is 2. The van der Waals surface area contributed by atoms with Gasteiger partial charge >= 0.3 is 0 Å². The van der Waals surface area contributed by atoms with E-state index in [0.717, 1.165) is 12.0 Å². The largest absolute Gasteiger partial charge is 0.353 e. The number of benzene rings is 1. The van der Waals surface area contributed by atoms with E-state index in [1.807, 2.05) is 32.9 Å². The molecular formula is C16H25N3O2. The Kier molecular flexibility index (Phi) is 6.88. The summed E-state index contributed by atoms with van der Waals surface area (Å²) in [6.07, 6.45) is 0.860. The fourth-order valence-electron chi connectivity index (χ4n) is 1.80. The Balaban J connectivity index is 2.29. The van der Waals surface area contributed by atoms with Crippen LogP contribution in [0.15, 0.2) is 24.3 Å². The van der Waals surface area contributed by atoms with E-state index in [9.17, 15) is 9.59 Å². The van der Waals surface area contributed by atoms with Gasteiger partial charge in [0.15, 0.2) is 0 Å². The van der Waals surface area contributed by atoms with E-state index >= 15 is 0 Å². The second-order valence-corrected chi connectivity index (χ2v) is 5.32. The van der Waals surface area contributed by atoms with Crippen molar-refractivity contribution in [2.24, 2.45) is 11.7 Å². The Bertz CT molecular complexity index is 471. The Hall–Kier alpha value is -1.88. The van der Waals surface area contributed by atoms with Gasteiger partial charge in [0.1, 0.15) is 0 Å². The van der Waals surface area contributed by atoms with Crippen LogP contribution in [-0.2, 0) is 4.79 Å². The number of rotatable bonds is 7. The van der Waals surface area contributed by atoms with E-state index in [0.29, 0.717) is 18.7 Å². The molecule has 1 aromatic carbocycles. The molecule has 116 valence electrons. The van der Waals surface area contributed by atoms with Crippen molar-refractivity contribution in [1.82, 2.24) is 10.6 Å². The summed E-state index contributed by atoms with van der Waals surface area (Å²) in [7, 11) is 0. The van der Waals surface area contributed by atoms with Crippen molar-refractivity contribution >= 4 is 11.8 Å². The van der Waals surface area contributed by atoms with E-state index < -0.39 is 6.04 Å². The monoisotopic (exact) mass is 291 g/mol. The van der Waals surface area contributed by atoms with Crippen LogP contribution in [0.5, 0.6) is 0 Å². The van der Waals surface area contributed by atoms with Crippen molar-refractivity contribution < 1.29 is 9.59 Å². The molecule has 1 aromatic rings. The molecule has 1 rings (SSSR count). The highest BCUT2D eigenvalue weighted by molar-refractivity contribution is 5.94. The van der Waals surface area contributed by atoms with Crippen LogP contribution < -0.4 is 16.4 Å². The van der Waals surface area contributed by atoms with E-state index in [1.54, 1.807) is 12.1 Å². The number of amides is 2. The molecule has 5 nitrogen and oxygen atoms in total. The summed E-state index contributed by atoms with van der Waals surface area (Å²) in [4.78, 5) is 23.6. The van der Waals surface area contributed by atoms with Gasteiger partial charge in [-0.15, -0.1) is 0 Å². The highest BCUT2D eigenvalue weighted by Crippen LogP contribution is 2.05. The number of hydrogen-bond acceptors (Lipinski definition) is 3. The van der Waals surface area contributed by atoms with E-state index in [4.69, 9.17) is 5.73 Å². The van der Waals surface area contributed by atoms with Crippen LogP contribution in [0.3, 0.4) is 0 Å². The number of nitrogens with two attached hydrogens (primary N) is 1. The highest BCUT2D eigenvalue weighted by Gasteiger charge is 2.18. The zero-order valence-corrected chi connectivity index (χ0v) is 13.0. The molecule has 0 saturated carbocycles. The first kappa shape index (κ1) is 17.2. The lowest BCUT2D eigenvalue weighted by molar-refractivity contribution is -0.123. The SMILES string of the molecule is CCC(C)[C@H](N)C(=O)NCCNC(=O)c1ccc(C)cc1. The second kappa shape index (κ2) is 8.42. The van der Waals surface area contributed by atoms with E-state index in [1.165, 1.54) is 0 Å². The predicted molar refractivity (Wildman–Crippen MR) is 84.0 cm³/mol. The molecule has 5 heteroatoms. The Morgan fingerprint density at radius 2 is 1.71 bits per heavy atom. The number of aryl methyl sites for hydroxylation is 1. The molecule has 2 atom stereocenters. The summed E-state index contributed by atoms with van der Waals surface area (Å²) < 4.78 is 0. The summed E-state index contributed by atoms with van der Waals surface area (Å²) in [5.41, 5.74) is 7.54. The molecule has 0 aliphatic heterocycles. The van der Waals surface area contributed by atoms with Gasteiger partial charge in [0.05, 0.1) is 6.04 Å². The van der Waals surface area contributed by atoms with Gasteiger partial charge in [-0.3, -0.25) is 9.59 Å². The van der Waals surface area contributed by atoms with E-state index in [-0.39, 0.29) is 17.7 Å². The van der Waals surface area contributed by atoms with Crippen molar-refractivity contribution in [3.63, 3.8) is 0 Å². The summed E-state index contributed by atoms with van der Waals surface area (Å²) in [6.45, 7) is 6.67. The summed E-state index contributed by atoms with van der Waals surface area (Å²) in [6, 6.07) is 6.84. The molecule has 0 aliphatic rings. The maximum absolute atomic E-state index is 11.8. The smallest absolute Gasteiger partial charge is 0.251 e. The Morgan fingerprint density at radius 1 is 1.14 bits per heavy atom. The summed E-state index contributed by atoms with van der Waals surface area (Å²) in [5, 5.41) is 5.50. The van der Waals surface area contributed by atoms with Crippen LogP contribution in [0.25, 0.3) is 0 Å². The minimum atomic E-state index is -0.497. The normalized spacial score (nSPS) is 13.3. The molecule has 0 saturated heterocycles. The fraction of sp³-hybridized carbons (Fsp3) is 0.500. The second-order valence-electron chi connectivity index (χ2n) is 5.32. The number of nitrogens with one attached hydrogen (secondary N) is 2. The molecule has 21 heavy (non-hydrogen) atoms.